The van der Waals surface area contributed by atoms with E-state index in [0.29, 0.717) is 23.6 Å². The van der Waals surface area contributed by atoms with E-state index >= 15 is 0 Å². The van der Waals surface area contributed by atoms with Crippen molar-refractivity contribution in [2.75, 3.05) is 5.73 Å². The van der Waals surface area contributed by atoms with Gasteiger partial charge in [0.05, 0.1) is 12.2 Å². The van der Waals surface area contributed by atoms with Gasteiger partial charge in [0.15, 0.2) is 0 Å². The van der Waals surface area contributed by atoms with Crippen molar-refractivity contribution in [3.05, 3.63) is 71.8 Å². The number of hydrogen-bond acceptors (Lipinski definition) is 2. The molecule has 0 amide bonds. The maximum Gasteiger partial charge on any atom is 0.132 e. The zero-order chi connectivity index (χ0) is 14.8. The molecule has 0 fully saturated rings. The van der Waals surface area contributed by atoms with Gasteiger partial charge in [0.25, 0.3) is 0 Å². The predicted molar refractivity (Wildman–Crippen MR) is 77.5 cm³/mol. The normalized spacial score (nSPS) is 10.8. The van der Waals surface area contributed by atoms with Gasteiger partial charge in [-0.05, 0) is 29.8 Å². The molecule has 0 bridgehead atoms. The zero-order valence-electron chi connectivity index (χ0n) is 11.1. The summed E-state index contributed by atoms with van der Waals surface area (Å²) in [5.74, 6) is -0.266. The lowest BCUT2D eigenvalue weighted by molar-refractivity contribution is 0.619. The highest BCUT2D eigenvalue weighted by molar-refractivity contribution is 5.62. The minimum atomic E-state index is -0.354. The lowest BCUT2D eigenvalue weighted by Gasteiger charge is -2.04. The van der Waals surface area contributed by atoms with E-state index in [0.717, 1.165) is 5.56 Å². The van der Waals surface area contributed by atoms with Crippen LogP contribution in [0.4, 0.5) is 14.6 Å². The molecule has 0 atom stereocenters. The number of rotatable bonds is 3. The Morgan fingerprint density at radius 3 is 2.57 bits per heavy atom. The van der Waals surface area contributed by atoms with Crippen molar-refractivity contribution in [2.45, 2.75) is 6.54 Å². The van der Waals surface area contributed by atoms with E-state index in [1.807, 2.05) is 0 Å². The molecule has 2 N–H and O–H groups in total. The van der Waals surface area contributed by atoms with E-state index < -0.39 is 0 Å². The predicted octanol–water partition coefficient (Wildman–Crippen LogP) is 3.46. The van der Waals surface area contributed by atoms with Crippen molar-refractivity contribution in [3.8, 4) is 11.3 Å². The Bertz CT molecular complexity index is 781. The molecule has 5 heteroatoms. The number of hydrogen-bond donors (Lipinski definition) is 1. The zero-order valence-corrected chi connectivity index (χ0v) is 11.1. The van der Waals surface area contributed by atoms with Gasteiger partial charge in [-0.1, -0.05) is 24.3 Å². The van der Waals surface area contributed by atoms with Gasteiger partial charge in [0, 0.05) is 11.6 Å². The second-order valence-electron chi connectivity index (χ2n) is 4.72. The summed E-state index contributed by atoms with van der Waals surface area (Å²) in [6.07, 6.45) is 0. The summed E-state index contributed by atoms with van der Waals surface area (Å²) >= 11 is 0. The Kier molecular flexibility index (Phi) is 3.39. The first kappa shape index (κ1) is 13.3. The number of nitrogens with zero attached hydrogens (tertiary/aromatic N) is 2. The van der Waals surface area contributed by atoms with E-state index in [2.05, 4.69) is 5.10 Å². The SMILES string of the molecule is Nc1cc(-c2ccccc2F)nn1Cc1cccc(F)c1. The Morgan fingerprint density at radius 1 is 1.00 bits per heavy atom. The molecule has 0 aliphatic heterocycles. The van der Waals surface area contributed by atoms with E-state index in [9.17, 15) is 8.78 Å². The third-order valence-electron chi connectivity index (χ3n) is 3.18. The lowest BCUT2D eigenvalue weighted by atomic mass is 10.1. The Balaban J connectivity index is 1.93. The minimum absolute atomic E-state index is 0.312. The molecule has 0 saturated carbocycles. The maximum absolute atomic E-state index is 13.8. The number of halogens is 2. The fourth-order valence-electron chi connectivity index (χ4n) is 2.17. The number of nitrogens with two attached hydrogens (primary N) is 1. The monoisotopic (exact) mass is 285 g/mol. The van der Waals surface area contributed by atoms with Crippen LogP contribution in [-0.2, 0) is 6.54 Å². The van der Waals surface area contributed by atoms with Gasteiger partial charge in [-0.15, -0.1) is 0 Å². The smallest absolute Gasteiger partial charge is 0.132 e. The van der Waals surface area contributed by atoms with Gasteiger partial charge in [-0.3, -0.25) is 0 Å². The van der Waals surface area contributed by atoms with Crippen molar-refractivity contribution in [3.63, 3.8) is 0 Å². The van der Waals surface area contributed by atoms with Crippen molar-refractivity contribution < 1.29 is 8.78 Å². The van der Waals surface area contributed by atoms with Gasteiger partial charge in [-0.2, -0.15) is 5.10 Å². The number of nitrogen functional groups attached to an aromatic ring is 1. The molecule has 0 spiro atoms. The molecule has 3 rings (SSSR count). The first-order valence-electron chi connectivity index (χ1n) is 6.46. The van der Waals surface area contributed by atoms with Gasteiger partial charge < -0.3 is 5.73 Å². The lowest BCUT2D eigenvalue weighted by Crippen LogP contribution is -2.06. The summed E-state index contributed by atoms with van der Waals surface area (Å²) in [4.78, 5) is 0. The molecular weight excluding hydrogens is 272 g/mol. The molecule has 3 aromatic rings. The molecule has 1 aromatic heterocycles. The molecule has 0 unspecified atom stereocenters. The van der Waals surface area contributed by atoms with Crippen LogP contribution in [0.1, 0.15) is 5.56 Å². The fraction of sp³-hybridized carbons (Fsp3) is 0.0625. The van der Waals surface area contributed by atoms with E-state index in [-0.39, 0.29) is 11.6 Å². The molecular formula is C16H13F2N3. The molecule has 1 heterocycles. The molecule has 0 radical (unpaired) electrons. The molecule has 0 aliphatic rings. The third kappa shape index (κ3) is 2.76. The first-order valence-corrected chi connectivity index (χ1v) is 6.46. The quantitative estimate of drug-likeness (QED) is 0.801. The van der Waals surface area contributed by atoms with Gasteiger partial charge >= 0.3 is 0 Å². The average molecular weight is 285 g/mol. The standard InChI is InChI=1S/C16H13F2N3/c17-12-5-3-4-11(8-12)10-21-16(19)9-15(20-21)13-6-1-2-7-14(13)18/h1-9H,10,19H2. The van der Waals surface area contributed by atoms with E-state index in [1.165, 1.54) is 22.9 Å². The molecule has 0 aliphatic carbocycles. The van der Waals surface area contributed by atoms with Crippen LogP contribution in [0.3, 0.4) is 0 Å². The van der Waals surface area contributed by atoms with Crippen LogP contribution in [0.5, 0.6) is 0 Å². The van der Waals surface area contributed by atoms with Gasteiger partial charge in [0.2, 0.25) is 0 Å². The molecule has 106 valence electrons. The summed E-state index contributed by atoms with van der Waals surface area (Å²) in [5.41, 5.74) is 7.49. The number of benzene rings is 2. The fourth-order valence-corrected chi connectivity index (χ4v) is 2.17. The summed E-state index contributed by atoms with van der Waals surface area (Å²) in [6.45, 7) is 0.331. The van der Waals surface area contributed by atoms with Crippen molar-refractivity contribution in [1.82, 2.24) is 9.78 Å². The van der Waals surface area contributed by atoms with Gasteiger partial charge in [0.1, 0.15) is 17.5 Å². The van der Waals surface area contributed by atoms with Crippen LogP contribution in [0.25, 0.3) is 11.3 Å². The minimum Gasteiger partial charge on any atom is -0.384 e. The molecule has 3 nitrogen and oxygen atoms in total. The summed E-state index contributed by atoms with van der Waals surface area (Å²) < 4.78 is 28.5. The molecule has 0 saturated heterocycles. The summed E-state index contributed by atoms with van der Waals surface area (Å²) in [5, 5.41) is 4.30. The first-order chi connectivity index (χ1) is 10.1. The summed E-state index contributed by atoms with van der Waals surface area (Å²) in [7, 11) is 0. The van der Waals surface area contributed by atoms with E-state index in [1.54, 1.807) is 36.4 Å². The number of anilines is 1. The Morgan fingerprint density at radius 2 is 1.81 bits per heavy atom. The topological polar surface area (TPSA) is 43.8 Å². The summed E-state index contributed by atoms with van der Waals surface area (Å²) in [6, 6.07) is 14.2. The Labute approximate surface area is 120 Å². The van der Waals surface area contributed by atoms with Crippen LogP contribution in [0, 0.1) is 11.6 Å². The van der Waals surface area contributed by atoms with Crippen molar-refractivity contribution >= 4 is 5.82 Å². The van der Waals surface area contributed by atoms with Crippen molar-refractivity contribution in [1.29, 1.82) is 0 Å². The van der Waals surface area contributed by atoms with Crippen molar-refractivity contribution in [2.24, 2.45) is 0 Å². The number of aromatic nitrogens is 2. The van der Waals surface area contributed by atoms with E-state index in [4.69, 9.17) is 5.73 Å². The van der Waals surface area contributed by atoms with Gasteiger partial charge in [-0.25, -0.2) is 13.5 Å². The molecule has 21 heavy (non-hydrogen) atoms. The van der Waals surface area contributed by atoms with Crippen LogP contribution < -0.4 is 5.73 Å². The third-order valence-corrected chi connectivity index (χ3v) is 3.18. The average Bonchev–Trinajstić information content (AvgIpc) is 2.80. The van der Waals surface area contributed by atoms with Crippen LogP contribution in [0.2, 0.25) is 0 Å². The Hall–Kier alpha value is -2.69. The highest BCUT2D eigenvalue weighted by Crippen LogP contribution is 2.23. The second kappa shape index (κ2) is 5.36. The largest absolute Gasteiger partial charge is 0.384 e. The highest BCUT2D eigenvalue weighted by Gasteiger charge is 2.11. The van der Waals surface area contributed by atoms with Crippen LogP contribution in [0.15, 0.2) is 54.6 Å². The molecule has 2 aromatic carbocycles. The second-order valence-corrected chi connectivity index (χ2v) is 4.72. The van der Waals surface area contributed by atoms with Crippen LogP contribution in [-0.4, -0.2) is 9.78 Å². The highest BCUT2D eigenvalue weighted by atomic mass is 19.1. The maximum atomic E-state index is 13.8. The van der Waals surface area contributed by atoms with Crippen LogP contribution >= 0.6 is 0 Å².